The van der Waals surface area contributed by atoms with Gasteiger partial charge in [-0.2, -0.15) is 8.42 Å². The molecule has 1 saturated heterocycles. The number of hydrogen-bond donors (Lipinski definition) is 0. The first kappa shape index (κ1) is 14.9. The number of hydrogen-bond acceptors (Lipinski definition) is 5. The van der Waals surface area contributed by atoms with Crippen molar-refractivity contribution in [2.75, 3.05) is 14.2 Å². The maximum Gasteiger partial charge on any atom is 0.399 e. The molecule has 0 radical (unpaired) electrons. The van der Waals surface area contributed by atoms with Crippen molar-refractivity contribution in [1.29, 1.82) is 0 Å². The van der Waals surface area contributed by atoms with Crippen molar-refractivity contribution in [2.24, 2.45) is 0 Å². The first-order valence-electron chi connectivity index (χ1n) is 5.73. The van der Waals surface area contributed by atoms with E-state index in [0.29, 0.717) is 12.8 Å². The third-order valence-corrected chi connectivity index (χ3v) is 4.64. The van der Waals surface area contributed by atoms with Crippen LogP contribution in [0.2, 0.25) is 0 Å². The summed E-state index contributed by atoms with van der Waals surface area (Å²) in [6, 6.07) is 0. The maximum absolute atomic E-state index is 11.3. The Bertz CT molecular complexity index is 357. The van der Waals surface area contributed by atoms with Crippen LogP contribution in [0.25, 0.3) is 0 Å². The summed E-state index contributed by atoms with van der Waals surface area (Å²) in [5.41, 5.74) is -0.203. The van der Waals surface area contributed by atoms with E-state index < -0.39 is 10.4 Å². The van der Waals surface area contributed by atoms with Gasteiger partial charge >= 0.3 is 10.4 Å². The van der Waals surface area contributed by atoms with Crippen LogP contribution in [0.4, 0.5) is 0 Å². The van der Waals surface area contributed by atoms with E-state index in [0.717, 1.165) is 7.11 Å². The lowest BCUT2D eigenvalue weighted by atomic mass is 9.79. The van der Waals surface area contributed by atoms with Crippen LogP contribution in [0.15, 0.2) is 0 Å². The number of piperidine rings is 1. The highest BCUT2D eigenvalue weighted by Crippen LogP contribution is 2.38. The summed E-state index contributed by atoms with van der Waals surface area (Å²) in [5.74, 6) is 0. The largest absolute Gasteiger partial charge is 0.399 e. The Balaban J connectivity index is 2.86. The second-order valence-electron chi connectivity index (χ2n) is 5.89. The molecule has 1 aliphatic heterocycles. The van der Waals surface area contributed by atoms with Gasteiger partial charge in [-0.05, 0) is 47.6 Å². The van der Waals surface area contributed by atoms with Gasteiger partial charge in [-0.25, -0.2) is 4.18 Å². The fourth-order valence-corrected chi connectivity index (χ4v) is 3.10. The predicted octanol–water partition coefficient (Wildman–Crippen LogP) is 1.55. The van der Waals surface area contributed by atoms with E-state index in [1.165, 1.54) is 0 Å². The smallest absolute Gasteiger partial charge is 0.296 e. The fraction of sp³-hybridized carbons (Fsp3) is 1.00. The lowest BCUT2D eigenvalue weighted by molar-refractivity contribution is -0.0567. The van der Waals surface area contributed by atoms with Gasteiger partial charge < -0.3 is 0 Å². The van der Waals surface area contributed by atoms with Crippen LogP contribution in [-0.2, 0) is 18.8 Å². The van der Waals surface area contributed by atoms with E-state index >= 15 is 0 Å². The molecule has 0 saturated carbocycles. The summed E-state index contributed by atoms with van der Waals surface area (Å²) < 4.78 is 32.0. The molecule has 0 bridgehead atoms. The van der Waals surface area contributed by atoms with E-state index in [2.05, 4.69) is 43.8 Å². The van der Waals surface area contributed by atoms with Gasteiger partial charge in [0, 0.05) is 11.1 Å². The molecule has 1 fully saturated rings. The molecule has 5 nitrogen and oxygen atoms in total. The van der Waals surface area contributed by atoms with Crippen LogP contribution in [0, 0.1) is 0 Å². The minimum Gasteiger partial charge on any atom is -0.296 e. The van der Waals surface area contributed by atoms with Crippen molar-refractivity contribution in [1.82, 2.24) is 4.90 Å². The molecule has 0 aromatic carbocycles. The van der Waals surface area contributed by atoms with Crippen molar-refractivity contribution in [3.63, 3.8) is 0 Å². The van der Waals surface area contributed by atoms with Crippen LogP contribution >= 0.6 is 0 Å². The Morgan fingerprint density at radius 2 is 1.53 bits per heavy atom. The standard InChI is InChI=1S/C11H23NO4S/c1-10(2)7-9(16-17(13,14)15-6)8-11(3,4)12(10)5/h9H,7-8H2,1-6H3. The molecule has 102 valence electrons. The van der Waals surface area contributed by atoms with Crippen molar-refractivity contribution in [2.45, 2.75) is 57.7 Å². The Kier molecular flexibility index (Phi) is 3.94. The van der Waals surface area contributed by atoms with E-state index in [1.807, 2.05) is 0 Å². The molecule has 0 unspecified atom stereocenters. The number of nitrogens with zero attached hydrogens (tertiary/aromatic N) is 1. The number of likely N-dealkylation sites (tertiary alicyclic amines) is 1. The minimum atomic E-state index is -3.86. The Morgan fingerprint density at radius 3 is 1.88 bits per heavy atom. The molecule has 0 amide bonds. The second kappa shape index (κ2) is 4.50. The summed E-state index contributed by atoms with van der Waals surface area (Å²) >= 11 is 0. The molecule has 1 rings (SSSR count). The third kappa shape index (κ3) is 3.40. The second-order valence-corrected chi connectivity index (χ2v) is 7.23. The van der Waals surface area contributed by atoms with Crippen molar-refractivity contribution >= 4 is 10.4 Å². The zero-order chi connectivity index (χ0) is 13.5. The molecule has 17 heavy (non-hydrogen) atoms. The van der Waals surface area contributed by atoms with Crippen LogP contribution in [-0.4, -0.2) is 44.7 Å². The molecule has 0 N–H and O–H groups in total. The van der Waals surface area contributed by atoms with Crippen molar-refractivity contribution < 1.29 is 16.8 Å². The molecule has 1 aliphatic rings. The van der Waals surface area contributed by atoms with Crippen LogP contribution in [0.1, 0.15) is 40.5 Å². The van der Waals surface area contributed by atoms with Crippen molar-refractivity contribution in [3.05, 3.63) is 0 Å². The van der Waals surface area contributed by atoms with Gasteiger partial charge in [0.25, 0.3) is 0 Å². The summed E-state index contributed by atoms with van der Waals surface area (Å²) in [7, 11) is -0.687. The minimum absolute atomic E-state index is 0.102. The highest BCUT2D eigenvalue weighted by molar-refractivity contribution is 7.81. The Labute approximate surface area is 104 Å². The normalized spacial score (nSPS) is 26.0. The first-order valence-corrected chi connectivity index (χ1v) is 7.06. The molecule has 0 aliphatic carbocycles. The third-order valence-electron chi connectivity index (χ3n) is 3.73. The summed E-state index contributed by atoms with van der Waals surface area (Å²) in [5, 5.41) is 0. The highest BCUT2D eigenvalue weighted by Gasteiger charge is 2.44. The van der Waals surface area contributed by atoms with Gasteiger partial charge in [-0.1, -0.05) is 0 Å². The summed E-state index contributed by atoms with van der Waals surface area (Å²) in [4.78, 5) is 2.26. The zero-order valence-electron chi connectivity index (χ0n) is 11.5. The van der Waals surface area contributed by atoms with E-state index in [4.69, 9.17) is 4.18 Å². The fourth-order valence-electron chi connectivity index (χ4n) is 2.55. The summed E-state index contributed by atoms with van der Waals surface area (Å²) in [6.45, 7) is 8.35. The van der Waals surface area contributed by atoms with Crippen molar-refractivity contribution in [3.8, 4) is 0 Å². The topological polar surface area (TPSA) is 55.8 Å². The average molecular weight is 265 g/mol. The van der Waals surface area contributed by atoms with E-state index in [9.17, 15) is 8.42 Å². The molecule has 0 aromatic heterocycles. The molecular weight excluding hydrogens is 242 g/mol. The molecule has 0 aromatic rings. The zero-order valence-corrected chi connectivity index (χ0v) is 12.3. The molecular formula is C11H23NO4S. The SMILES string of the molecule is COS(=O)(=O)OC1CC(C)(C)N(C)C(C)(C)C1. The monoisotopic (exact) mass is 265 g/mol. The van der Waals surface area contributed by atoms with Gasteiger partial charge in [-0.15, -0.1) is 0 Å². The lowest BCUT2D eigenvalue weighted by Crippen LogP contribution is -2.60. The molecule has 1 heterocycles. The van der Waals surface area contributed by atoms with Gasteiger partial charge in [0.15, 0.2) is 0 Å². The van der Waals surface area contributed by atoms with Gasteiger partial charge in [0.1, 0.15) is 0 Å². The average Bonchev–Trinajstić information content (AvgIpc) is 2.12. The lowest BCUT2D eigenvalue weighted by Gasteiger charge is -2.53. The van der Waals surface area contributed by atoms with Crippen LogP contribution < -0.4 is 0 Å². The van der Waals surface area contributed by atoms with E-state index in [-0.39, 0.29) is 17.2 Å². The summed E-state index contributed by atoms with van der Waals surface area (Å²) in [6.07, 6.45) is 0.992. The number of rotatable bonds is 3. The predicted molar refractivity (Wildman–Crippen MR) is 66.0 cm³/mol. The first-order chi connectivity index (χ1) is 7.50. The molecule has 6 heteroatoms. The van der Waals surface area contributed by atoms with Crippen LogP contribution in [0.5, 0.6) is 0 Å². The Hall–Kier alpha value is -0.170. The molecule has 0 atom stereocenters. The van der Waals surface area contributed by atoms with Gasteiger partial charge in [-0.3, -0.25) is 9.08 Å². The Morgan fingerprint density at radius 1 is 1.12 bits per heavy atom. The van der Waals surface area contributed by atoms with E-state index in [1.54, 1.807) is 0 Å². The highest BCUT2D eigenvalue weighted by atomic mass is 32.3. The quantitative estimate of drug-likeness (QED) is 0.775. The van der Waals surface area contributed by atoms with Crippen LogP contribution in [0.3, 0.4) is 0 Å². The van der Waals surface area contributed by atoms with Gasteiger partial charge in [0.2, 0.25) is 0 Å². The van der Waals surface area contributed by atoms with Gasteiger partial charge in [0.05, 0.1) is 13.2 Å². The molecule has 0 spiro atoms. The maximum atomic E-state index is 11.3.